The first-order valence-corrected chi connectivity index (χ1v) is 8.33. The number of nitrogens with zero attached hydrogens (tertiary/aromatic N) is 1. The number of amides is 1. The van der Waals surface area contributed by atoms with Crippen LogP contribution in [-0.4, -0.2) is 42.5 Å². The fourth-order valence-electron chi connectivity index (χ4n) is 2.21. The second kappa shape index (κ2) is 7.79. The van der Waals surface area contributed by atoms with Crippen molar-refractivity contribution < 1.29 is 14.6 Å². The number of aliphatic hydroxyl groups is 1. The minimum absolute atomic E-state index is 0.0934. The Bertz CT molecular complexity index is 723. The van der Waals surface area contributed by atoms with Crippen LogP contribution in [-0.2, 0) is 4.79 Å². The van der Waals surface area contributed by atoms with Gasteiger partial charge in [0, 0.05) is 28.9 Å². The van der Waals surface area contributed by atoms with Gasteiger partial charge in [-0.15, -0.1) is 12.6 Å². The van der Waals surface area contributed by atoms with Gasteiger partial charge in [-0.25, -0.2) is 0 Å². The summed E-state index contributed by atoms with van der Waals surface area (Å²) in [5, 5.41) is 12.2. The molecular weight excluding hydrogens is 340 g/mol. The Labute approximate surface area is 152 Å². The van der Waals surface area contributed by atoms with Crippen LogP contribution >= 0.6 is 12.6 Å². The summed E-state index contributed by atoms with van der Waals surface area (Å²) in [6, 6.07) is 5.01. The molecule has 1 aromatic carbocycles. The lowest BCUT2D eigenvalue weighted by atomic mass is 10.1. The number of nitrogen functional groups attached to an aromatic ring is 1. The van der Waals surface area contributed by atoms with E-state index in [1.165, 1.54) is 7.05 Å². The average molecular weight is 364 g/mol. The van der Waals surface area contributed by atoms with Gasteiger partial charge in [-0.1, -0.05) is 0 Å². The number of hydrogen-bond acceptors (Lipinski definition) is 7. The third-order valence-corrected chi connectivity index (χ3v) is 4.57. The van der Waals surface area contributed by atoms with Gasteiger partial charge in [0.05, 0.1) is 12.1 Å². The largest absolute Gasteiger partial charge is 0.488 e. The highest BCUT2D eigenvalue weighted by Gasteiger charge is 2.44. The van der Waals surface area contributed by atoms with Gasteiger partial charge in [0.15, 0.2) is 0 Å². The second-order valence-electron chi connectivity index (χ2n) is 6.13. The number of thiol groups is 1. The van der Waals surface area contributed by atoms with Crippen LogP contribution < -0.4 is 21.5 Å². The first kappa shape index (κ1) is 19.1. The molecule has 0 spiro atoms. The molecule has 6 N–H and O–H groups in total. The molecule has 1 aliphatic carbocycles. The molecule has 2 rings (SSSR count). The molecule has 8 heteroatoms. The van der Waals surface area contributed by atoms with E-state index in [1.54, 1.807) is 25.1 Å². The standard InChI is InChI=1S/C17H24N4O3S/c1-10(18)14(25)8-24-11-3-4-13(19)12(7-11)15(20-2)16(23)21-17(9-22)5-6-17/h3-4,7,22,25H,5-6,8-9,18-19H2,1-2H3,(H,21,23)/b14-10-,20-15?. The number of carbonyl (C=O) groups excluding carboxylic acids is 1. The molecule has 0 aromatic heterocycles. The summed E-state index contributed by atoms with van der Waals surface area (Å²) in [6.45, 7) is 1.86. The summed E-state index contributed by atoms with van der Waals surface area (Å²) in [7, 11) is 1.52. The highest BCUT2D eigenvalue weighted by atomic mass is 32.1. The van der Waals surface area contributed by atoms with Gasteiger partial charge in [-0.3, -0.25) is 9.79 Å². The van der Waals surface area contributed by atoms with Crippen molar-refractivity contribution >= 4 is 29.9 Å². The average Bonchev–Trinajstić information content (AvgIpc) is 3.35. The van der Waals surface area contributed by atoms with Crippen LogP contribution in [0.2, 0.25) is 0 Å². The molecule has 1 saturated carbocycles. The Balaban J connectivity index is 2.19. The number of aliphatic hydroxyl groups excluding tert-OH is 1. The van der Waals surface area contributed by atoms with Crippen LogP contribution in [0.3, 0.4) is 0 Å². The zero-order valence-electron chi connectivity index (χ0n) is 14.4. The highest BCUT2D eigenvalue weighted by molar-refractivity contribution is 7.84. The number of ether oxygens (including phenoxy) is 1. The lowest BCUT2D eigenvalue weighted by Crippen LogP contribution is -2.43. The Morgan fingerprint density at radius 2 is 2.16 bits per heavy atom. The first-order valence-electron chi connectivity index (χ1n) is 7.89. The summed E-state index contributed by atoms with van der Waals surface area (Å²) in [5.41, 5.74) is 12.8. The van der Waals surface area contributed by atoms with Crippen LogP contribution in [0.15, 0.2) is 33.8 Å². The van der Waals surface area contributed by atoms with E-state index in [0.717, 1.165) is 12.8 Å². The van der Waals surface area contributed by atoms with E-state index in [9.17, 15) is 9.90 Å². The van der Waals surface area contributed by atoms with Gasteiger partial charge in [0.2, 0.25) is 0 Å². The number of benzene rings is 1. The Hall–Kier alpha value is -2.19. The molecule has 0 bridgehead atoms. The minimum Gasteiger partial charge on any atom is -0.488 e. The van der Waals surface area contributed by atoms with Crippen molar-refractivity contribution in [2.45, 2.75) is 25.3 Å². The van der Waals surface area contributed by atoms with Gasteiger partial charge in [-0.05, 0) is 38.0 Å². The van der Waals surface area contributed by atoms with Gasteiger partial charge >= 0.3 is 0 Å². The van der Waals surface area contributed by atoms with Crippen molar-refractivity contribution in [1.29, 1.82) is 0 Å². The third-order valence-electron chi connectivity index (χ3n) is 4.08. The van der Waals surface area contributed by atoms with E-state index in [-0.39, 0.29) is 24.8 Å². The molecule has 0 aliphatic heterocycles. The first-order chi connectivity index (χ1) is 11.8. The zero-order chi connectivity index (χ0) is 18.6. The Kier molecular flexibility index (Phi) is 5.97. The lowest BCUT2D eigenvalue weighted by molar-refractivity contribution is -0.116. The fraction of sp³-hybridized carbons (Fsp3) is 0.412. The number of rotatable bonds is 7. The molecule has 25 heavy (non-hydrogen) atoms. The summed E-state index contributed by atoms with van der Waals surface area (Å²) >= 11 is 4.25. The van der Waals surface area contributed by atoms with Crippen LogP contribution in [0.5, 0.6) is 5.75 Å². The molecule has 7 nitrogen and oxygen atoms in total. The van der Waals surface area contributed by atoms with E-state index >= 15 is 0 Å². The van der Waals surface area contributed by atoms with E-state index in [2.05, 4.69) is 22.9 Å². The quantitative estimate of drug-likeness (QED) is 0.279. The monoisotopic (exact) mass is 364 g/mol. The molecule has 1 aliphatic rings. The number of carbonyl (C=O) groups is 1. The van der Waals surface area contributed by atoms with Gasteiger partial charge < -0.3 is 26.6 Å². The summed E-state index contributed by atoms with van der Waals surface area (Å²) < 4.78 is 5.64. The number of nitrogens with two attached hydrogens (primary N) is 2. The van der Waals surface area contributed by atoms with Crippen molar-refractivity contribution in [2.75, 3.05) is 26.0 Å². The lowest BCUT2D eigenvalue weighted by Gasteiger charge is -2.17. The molecule has 0 unspecified atom stereocenters. The third kappa shape index (κ3) is 4.67. The topological polar surface area (TPSA) is 123 Å². The van der Waals surface area contributed by atoms with Crippen LogP contribution in [0, 0.1) is 0 Å². The fourth-order valence-corrected chi connectivity index (χ4v) is 2.28. The predicted molar refractivity (Wildman–Crippen MR) is 102 cm³/mol. The van der Waals surface area contributed by atoms with E-state index in [1.807, 2.05) is 0 Å². The van der Waals surface area contributed by atoms with E-state index in [0.29, 0.717) is 27.6 Å². The van der Waals surface area contributed by atoms with Crippen LogP contribution in [0.25, 0.3) is 0 Å². The molecule has 136 valence electrons. The molecule has 1 amide bonds. The van der Waals surface area contributed by atoms with Crippen LogP contribution in [0.1, 0.15) is 25.3 Å². The molecule has 0 saturated heterocycles. The predicted octanol–water partition coefficient (Wildman–Crippen LogP) is 0.828. The van der Waals surface area contributed by atoms with Crippen LogP contribution in [0.4, 0.5) is 5.69 Å². The minimum atomic E-state index is -0.528. The molecule has 0 atom stereocenters. The van der Waals surface area contributed by atoms with Crippen molar-refractivity contribution in [3.8, 4) is 5.75 Å². The van der Waals surface area contributed by atoms with Crippen molar-refractivity contribution in [3.05, 3.63) is 34.4 Å². The van der Waals surface area contributed by atoms with Gasteiger partial charge in [0.25, 0.3) is 5.91 Å². The van der Waals surface area contributed by atoms with E-state index in [4.69, 9.17) is 16.2 Å². The van der Waals surface area contributed by atoms with Gasteiger partial charge in [0.1, 0.15) is 18.1 Å². The summed E-state index contributed by atoms with van der Waals surface area (Å²) in [6.07, 6.45) is 1.50. The molecule has 1 aromatic rings. The molecule has 0 heterocycles. The summed E-state index contributed by atoms with van der Waals surface area (Å²) in [5.74, 6) is 0.153. The van der Waals surface area contributed by atoms with Crippen molar-refractivity contribution in [1.82, 2.24) is 5.32 Å². The number of nitrogens with one attached hydrogen (secondary N) is 1. The Morgan fingerprint density at radius 1 is 1.48 bits per heavy atom. The number of hydrogen-bond donors (Lipinski definition) is 5. The molecule has 0 radical (unpaired) electrons. The van der Waals surface area contributed by atoms with Gasteiger partial charge in [-0.2, -0.15) is 0 Å². The SMILES string of the molecule is CN=C(C(=O)NC1(CO)CC1)c1cc(OC/C(S)=C(\C)N)ccc1N. The number of anilines is 1. The molecular formula is C17H24N4O3S. The van der Waals surface area contributed by atoms with E-state index < -0.39 is 5.54 Å². The zero-order valence-corrected chi connectivity index (χ0v) is 15.3. The Morgan fingerprint density at radius 3 is 2.68 bits per heavy atom. The smallest absolute Gasteiger partial charge is 0.270 e. The normalized spacial score (nSPS) is 16.9. The molecule has 1 fully saturated rings. The van der Waals surface area contributed by atoms with Crippen molar-refractivity contribution in [2.24, 2.45) is 10.7 Å². The highest BCUT2D eigenvalue weighted by Crippen LogP contribution is 2.34. The maximum atomic E-state index is 12.5. The summed E-state index contributed by atoms with van der Waals surface area (Å²) in [4.78, 5) is 17.2. The second-order valence-corrected chi connectivity index (χ2v) is 6.67. The van der Waals surface area contributed by atoms with Crippen molar-refractivity contribution in [3.63, 3.8) is 0 Å². The maximum Gasteiger partial charge on any atom is 0.270 e. The number of aliphatic imine (C=N–C) groups is 1. The number of allylic oxidation sites excluding steroid dienone is 1. The maximum absolute atomic E-state index is 12.5.